The van der Waals surface area contributed by atoms with Gasteiger partial charge in [0, 0.05) is 30.6 Å². The summed E-state index contributed by atoms with van der Waals surface area (Å²) in [7, 11) is 1.66. The van der Waals surface area contributed by atoms with Crippen LogP contribution in [0.25, 0.3) is 0 Å². The van der Waals surface area contributed by atoms with Gasteiger partial charge in [0.2, 0.25) is 5.91 Å². The molecule has 1 fully saturated rings. The van der Waals surface area contributed by atoms with E-state index >= 15 is 0 Å². The van der Waals surface area contributed by atoms with E-state index in [1.54, 1.807) is 7.11 Å². The van der Waals surface area contributed by atoms with Gasteiger partial charge in [-0.3, -0.25) is 4.79 Å². The average Bonchev–Trinajstić information content (AvgIpc) is 3.09. The molecule has 1 N–H and O–H groups in total. The summed E-state index contributed by atoms with van der Waals surface area (Å²) in [5.41, 5.74) is 2.17. The third-order valence-electron chi connectivity index (χ3n) is 4.52. The Morgan fingerprint density at radius 1 is 1.28 bits per heavy atom. The molecule has 1 amide bonds. The van der Waals surface area contributed by atoms with Gasteiger partial charge in [0.1, 0.15) is 5.75 Å². The molecule has 0 radical (unpaired) electrons. The molecule has 0 bridgehead atoms. The predicted molar refractivity (Wildman–Crippen MR) is 102 cm³/mol. The highest BCUT2D eigenvalue weighted by atomic mass is 35.5. The third kappa shape index (κ3) is 4.67. The van der Waals surface area contributed by atoms with Crippen molar-refractivity contribution in [1.82, 2.24) is 5.32 Å². The number of halogens is 1. The van der Waals surface area contributed by atoms with Crippen LogP contribution in [-0.4, -0.2) is 32.1 Å². The van der Waals surface area contributed by atoms with E-state index in [4.69, 9.17) is 16.3 Å². The fraction of sp³-hybridized carbons (Fsp3) is 0.350. The Hall–Kier alpha value is -2.20. The van der Waals surface area contributed by atoms with Gasteiger partial charge in [-0.05, 0) is 36.6 Å². The summed E-state index contributed by atoms with van der Waals surface area (Å²) in [6.07, 6.45) is 2.21. The van der Waals surface area contributed by atoms with Crippen molar-refractivity contribution < 1.29 is 9.53 Å². The molecule has 1 aliphatic rings. The van der Waals surface area contributed by atoms with E-state index in [2.05, 4.69) is 22.3 Å². The van der Waals surface area contributed by atoms with E-state index in [0.717, 1.165) is 37.4 Å². The van der Waals surface area contributed by atoms with E-state index in [0.29, 0.717) is 11.4 Å². The number of benzene rings is 2. The van der Waals surface area contributed by atoms with Crippen molar-refractivity contribution in [3.8, 4) is 5.75 Å². The lowest BCUT2D eigenvalue weighted by Crippen LogP contribution is -2.37. The molecular formula is C20H23ClN2O2. The van der Waals surface area contributed by atoms with Crippen LogP contribution in [0.5, 0.6) is 5.75 Å². The van der Waals surface area contributed by atoms with Gasteiger partial charge < -0.3 is 15.0 Å². The van der Waals surface area contributed by atoms with E-state index < -0.39 is 0 Å². The molecule has 1 unspecified atom stereocenters. The number of carbonyl (C=O) groups is 1. The van der Waals surface area contributed by atoms with Crippen LogP contribution in [0.4, 0.5) is 5.69 Å². The lowest BCUT2D eigenvalue weighted by atomic mass is 10.1. The number of methoxy groups -OCH3 is 1. The van der Waals surface area contributed by atoms with E-state index in [9.17, 15) is 4.79 Å². The monoisotopic (exact) mass is 358 g/mol. The molecule has 0 spiro atoms. The Balaban J connectivity index is 1.53. The Bertz CT molecular complexity index is 721. The minimum absolute atomic E-state index is 0.105. The van der Waals surface area contributed by atoms with Gasteiger partial charge in [-0.1, -0.05) is 41.9 Å². The third-order valence-corrected chi connectivity index (χ3v) is 4.75. The Morgan fingerprint density at radius 3 is 2.84 bits per heavy atom. The molecule has 2 aromatic carbocycles. The summed E-state index contributed by atoms with van der Waals surface area (Å²) in [5.74, 6) is 0.911. The highest BCUT2D eigenvalue weighted by Gasteiger charge is 2.26. The summed E-state index contributed by atoms with van der Waals surface area (Å²) in [6.45, 7) is 1.65. The highest BCUT2D eigenvalue weighted by Crippen LogP contribution is 2.33. The lowest BCUT2D eigenvalue weighted by molar-refractivity contribution is -0.121. The maximum atomic E-state index is 12.2. The number of anilines is 1. The van der Waals surface area contributed by atoms with Gasteiger partial charge in [-0.15, -0.1) is 0 Å². The molecule has 1 aliphatic heterocycles. The van der Waals surface area contributed by atoms with Crippen LogP contribution in [0.3, 0.4) is 0 Å². The molecule has 25 heavy (non-hydrogen) atoms. The van der Waals surface area contributed by atoms with E-state index in [-0.39, 0.29) is 11.9 Å². The van der Waals surface area contributed by atoms with Crippen molar-refractivity contribution >= 4 is 23.2 Å². The maximum Gasteiger partial charge on any atom is 0.220 e. The standard InChI is InChI=1S/C20H23ClN2O2/c1-25-19-9-8-16(21)13-18(19)23-12-11-17(14-23)22-20(24)10-7-15-5-3-2-4-6-15/h2-6,8-9,13,17H,7,10-12,14H2,1H3,(H,22,24). The molecule has 1 heterocycles. The van der Waals surface area contributed by atoms with Crippen LogP contribution in [0.2, 0.25) is 5.02 Å². The molecule has 0 aliphatic carbocycles. The van der Waals surface area contributed by atoms with Gasteiger partial charge >= 0.3 is 0 Å². The highest BCUT2D eigenvalue weighted by molar-refractivity contribution is 6.30. The zero-order valence-electron chi connectivity index (χ0n) is 14.4. The second-order valence-corrected chi connectivity index (χ2v) is 6.74. The Morgan fingerprint density at radius 2 is 2.08 bits per heavy atom. The Kier molecular flexibility index (Phi) is 5.82. The summed E-state index contributed by atoms with van der Waals surface area (Å²) in [5, 5.41) is 3.83. The van der Waals surface area contributed by atoms with Crippen LogP contribution in [0, 0.1) is 0 Å². The largest absolute Gasteiger partial charge is 0.495 e. The first kappa shape index (κ1) is 17.6. The molecule has 5 heteroatoms. The number of nitrogens with one attached hydrogen (secondary N) is 1. The van der Waals surface area contributed by atoms with Crippen molar-refractivity contribution in [2.75, 3.05) is 25.1 Å². The summed E-state index contributed by atoms with van der Waals surface area (Å²) in [4.78, 5) is 14.4. The minimum Gasteiger partial charge on any atom is -0.495 e. The molecular weight excluding hydrogens is 336 g/mol. The molecule has 4 nitrogen and oxygen atoms in total. The topological polar surface area (TPSA) is 41.6 Å². The van der Waals surface area contributed by atoms with Crippen LogP contribution in [0.15, 0.2) is 48.5 Å². The number of amides is 1. The second-order valence-electron chi connectivity index (χ2n) is 6.30. The first-order chi connectivity index (χ1) is 12.2. The number of aryl methyl sites for hydroxylation is 1. The van der Waals surface area contributed by atoms with Crippen molar-refractivity contribution in [2.24, 2.45) is 0 Å². The molecule has 1 atom stereocenters. The zero-order valence-corrected chi connectivity index (χ0v) is 15.1. The molecule has 132 valence electrons. The van der Waals surface area contributed by atoms with Gasteiger partial charge in [-0.25, -0.2) is 0 Å². The summed E-state index contributed by atoms with van der Waals surface area (Å²) >= 11 is 6.12. The minimum atomic E-state index is 0.105. The summed E-state index contributed by atoms with van der Waals surface area (Å²) < 4.78 is 5.43. The van der Waals surface area contributed by atoms with Gasteiger partial charge in [0.05, 0.1) is 12.8 Å². The molecule has 1 saturated heterocycles. The first-order valence-corrected chi connectivity index (χ1v) is 8.95. The van der Waals surface area contributed by atoms with Gasteiger partial charge in [-0.2, -0.15) is 0 Å². The fourth-order valence-corrected chi connectivity index (χ4v) is 3.38. The van der Waals surface area contributed by atoms with Crippen molar-refractivity contribution in [1.29, 1.82) is 0 Å². The van der Waals surface area contributed by atoms with E-state index in [1.165, 1.54) is 5.56 Å². The van der Waals surface area contributed by atoms with Crippen LogP contribution in [0.1, 0.15) is 18.4 Å². The Labute approximate surface area is 153 Å². The lowest BCUT2D eigenvalue weighted by Gasteiger charge is -2.21. The van der Waals surface area contributed by atoms with Gasteiger partial charge in [0.25, 0.3) is 0 Å². The van der Waals surface area contributed by atoms with Gasteiger partial charge in [0.15, 0.2) is 0 Å². The van der Waals surface area contributed by atoms with Crippen molar-refractivity contribution in [3.05, 3.63) is 59.1 Å². The number of nitrogens with zero attached hydrogens (tertiary/aromatic N) is 1. The zero-order chi connectivity index (χ0) is 17.6. The summed E-state index contributed by atoms with van der Waals surface area (Å²) in [6, 6.07) is 15.9. The van der Waals surface area contributed by atoms with Crippen molar-refractivity contribution in [3.63, 3.8) is 0 Å². The second kappa shape index (κ2) is 8.26. The quantitative estimate of drug-likeness (QED) is 0.856. The molecule has 3 rings (SSSR count). The maximum absolute atomic E-state index is 12.2. The number of hydrogen-bond acceptors (Lipinski definition) is 3. The fourth-order valence-electron chi connectivity index (χ4n) is 3.21. The number of rotatable bonds is 6. The van der Waals surface area contributed by atoms with Crippen molar-refractivity contribution in [2.45, 2.75) is 25.3 Å². The molecule has 2 aromatic rings. The molecule has 0 aromatic heterocycles. The normalized spacial score (nSPS) is 16.7. The smallest absolute Gasteiger partial charge is 0.220 e. The van der Waals surface area contributed by atoms with E-state index in [1.807, 2.05) is 36.4 Å². The predicted octanol–water partition coefficient (Wildman–Crippen LogP) is 3.68. The van der Waals surface area contributed by atoms with Crippen LogP contribution in [-0.2, 0) is 11.2 Å². The SMILES string of the molecule is COc1ccc(Cl)cc1N1CCC(NC(=O)CCc2ccccc2)C1. The molecule has 0 saturated carbocycles. The first-order valence-electron chi connectivity index (χ1n) is 8.57. The number of carbonyl (C=O) groups excluding carboxylic acids is 1. The average molecular weight is 359 g/mol. The number of hydrogen-bond donors (Lipinski definition) is 1. The number of ether oxygens (including phenoxy) is 1. The van der Waals surface area contributed by atoms with Crippen LogP contribution < -0.4 is 15.0 Å². The van der Waals surface area contributed by atoms with Crippen LogP contribution >= 0.6 is 11.6 Å².